The summed E-state index contributed by atoms with van der Waals surface area (Å²) in [5, 5.41) is 0. The van der Waals surface area contributed by atoms with Gasteiger partial charge in [0.2, 0.25) is 0 Å². The zero-order chi connectivity index (χ0) is 8.43. The van der Waals surface area contributed by atoms with Crippen molar-refractivity contribution in [2.45, 2.75) is 13.8 Å². The van der Waals surface area contributed by atoms with Crippen LogP contribution in [0, 0.1) is 19.9 Å². The van der Waals surface area contributed by atoms with Gasteiger partial charge >= 0.3 is 0 Å². The molecule has 1 heteroatoms. The Kier molecular flexibility index (Phi) is 2.18. The first-order chi connectivity index (χ1) is 5.09. The Balaban J connectivity index is 3.08. The lowest BCUT2D eigenvalue weighted by molar-refractivity contribution is 1.12. The van der Waals surface area contributed by atoms with Crippen LogP contribution in [0.1, 0.15) is 11.1 Å². The highest BCUT2D eigenvalue weighted by Crippen LogP contribution is 2.14. The van der Waals surface area contributed by atoms with Crippen molar-refractivity contribution in [3.63, 3.8) is 0 Å². The smallest absolute Gasteiger partial charge is 0.0366 e. The van der Waals surface area contributed by atoms with Gasteiger partial charge in [0.05, 0.1) is 0 Å². The van der Waals surface area contributed by atoms with Crippen molar-refractivity contribution >= 4 is 5.69 Å². The Morgan fingerprint density at radius 2 is 1.55 bits per heavy atom. The number of aryl methyl sites for hydroxylation is 2. The molecule has 0 aliphatic rings. The van der Waals surface area contributed by atoms with Crippen molar-refractivity contribution in [1.29, 1.82) is 0 Å². The average Bonchev–Trinajstić information content (AvgIpc) is 1.85. The first-order valence-corrected chi connectivity index (χ1v) is 3.77. The molecule has 0 amide bonds. The zero-order valence-corrected chi connectivity index (χ0v) is 7.60. The van der Waals surface area contributed by atoms with Crippen molar-refractivity contribution in [3.8, 4) is 0 Å². The van der Waals surface area contributed by atoms with Crippen LogP contribution in [0.25, 0.3) is 0 Å². The summed E-state index contributed by atoms with van der Waals surface area (Å²) in [5.41, 5.74) is 3.65. The number of hydrogen-bond donors (Lipinski definition) is 0. The van der Waals surface area contributed by atoms with E-state index in [2.05, 4.69) is 36.9 Å². The van der Waals surface area contributed by atoms with Crippen LogP contribution in [0.5, 0.6) is 0 Å². The lowest BCUT2D eigenvalue weighted by Crippen LogP contribution is -2.08. The summed E-state index contributed by atoms with van der Waals surface area (Å²) < 4.78 is 0. The molecule has 1 nitrogen and oxygen atoms in total. The number of anilines is 1. The summed E-state index contributed by atoms with van der Waals surface area (Å²) in [6.07, 6.45) is 0. The fraction of sp³-hybridized carbons (Fsp3) is 0.400. The Morgan fingerprint density at radius 1 is 1.09 bits per heavy atom. The normalized spacial score (nSPS) is 9.82. The van der Waals surface area contributed by atoms with Gasteiger partial charge in [0, 0.05) is 19.8 Å². The first kappa shape index (κ1) is 8.12. The van der Waals surface area contributed by atoms with E-state index < -0.39 is 0 Å². The van der Waals surface area contributed by atoms with Gasteiger partial charge < -0.3 is 4.90 Å². The molecule has 1 aromatic carbocycles. The van der Waals surface area contributed by atoms with Crippen molar-refractivity contribution in [3.05, 3.63) is 29.3 Å². The van der Waals surface area contributed by atoms with E-state index in [0.29, 0.717) is 0 Å². The Bertz CT molecular complexity index is 231. The SMILES string of the molecule is Cc1[c]c(C)cc(N(C)C)c1. The molecule has 0 aliphatic heterocycles. The molecule has 0 bridgehead atoms. The third-order valence-corrected chi connectivity index (χ3v) is 1.64. The van der Waals surface area contributed by atoms with Crippen LogP contribution < -0.4 is 4.90 Å². The van der Waals surface area contributed by atoms with Gasteiger partial charge in [-0.05, 0) is 43.2 Å². The van der Waals surface area contributed by atoms with Gasteiger partial charge in [-0.3, -0.25) is 0 Å². The van der Waals surface area contributed by atoms with E-state index in [1.807, 2.05) is 14.1 Å². The molecule has 0 unspecified atom stereocenters. The average molecular weight is 148 g/mol. The van der Waals surface area contributed by atoms with Gasteiger partial charge in [-0.15, -0.1) is 0 Å². The quantitative estimate of drug-likeness (QED) is 0.590. The van der Waals surface area contributed by atoms with E-state index in [1.54, 1.807) is 0 Å². The van der Waals surface area contributed by atoms with Crippen LogP contribution in [0.2, 0.25) is 0 Å². The number of hydrogen-bond acceptors (Lipinski definition) is 1. The molecule has 0 N–H and O–H groups in total. The standard InChI is InChI=1S/C10H14N/c1-8-5-9(2)7-10(6-8)11(3)4/h6-7H,1-4H3. The number of benzene rings is 1. The predicted molar refractivity (Wildman–Crippen MR) is 49.1 cm³/mol. The highest BCUT2D eigenvalue weighted by atomic mass is 15.1. The molecule has 0 spiro atoms. The van der Waals surface area contributed by atoms with Gasteiger partial charge in [-0.2, -0.15) is 0 Å². The number of nitrogens with zero attached hydrogens (tertiary/aromatic N) is 1. The molecule has 1 aromatic rings. The van der Waals surface area contributed by atoms with Gasteiger partial charge in [0.25, 0.3) is 0 Å². The Hall–Kier alpha value is -0.980. The van der Waals surface area contributed by atoms with E-state index >= 15 is 0 Å². The second-order valence-electron chi connectivity index (χ2n) is 3.10. The summed E-state index contributed by atoms with van der Waals surface area (Å²) in [6, 6.07) is 7.50. The zero-order valence-electron chi connectivity index (χ0n) is 7.60. The maximum absolute atomic E-state index is 3.24. The topological polar surface area (TPSA) is 3.24 Å². The van der Waals surface area contributed by atoms with E-state index in [-0.39, 0.29) is 0 Å². The molecule has 0 fully saturated rings. The predicted octanol–water partition coefficient (Wildman–Crippen LogP) is 2.17. The van der Waals surface area contributed by atoms with Gasteiger partial charge in [-0.25, -0.2) is 0 Å². The highest BCUT2D eigenvalue weighted by molar-refractivity contribution is 5.48. The molecular formula is C10H14N. The van der Waals surface area contributed by atoms with Gasteiger partial charge in [0.1, 0.15) is 0 Å². The lowest BCUT2D eigenvalue weighted by atomic mass is 10.1. The minimum Gasteiger partial charge on any atom is -0.378 e. The summed E-state index contributed by atoms with van der Waals surface area (Å²) in [5.74, 6) is 0. The molecule has 0 aliphatic carbocycles. The van der Waals surface area contributed by atoms with Crippen molar-refractivity contribution in [2.24, 2.45) is 0 Å². The largest absolute Gasteiger partial charge is 0.378 e. The van der Waals surface area contributed by atoms with Crippen LogP contribution in [0.4, 0.5) is 5.69 Å². The van der Waals surface area contributed by atoms with Crippen LogP contribution in [0.3, 0.4) is 0 Å². The fourth-order valence-corrected chi connectivity index (χ4v) is 1.13. The Morgan fingerprint density at radius 3 is 1.91 bits per heavy atom. The minimum absolute atomic E-state index is 1.20. The molecule has 0 atom stereocenters. The monoisotopic (exact) mass is 148 g/mol. The molecule has 1 rings (SSSR count). The van der Waals surface area contributed by atoms with E-state index in [4.69, 9.17) is 0 Å². The minimum atomic E-state index is 1.20. The van der Waals surface area contributed by atoms with Gasteiger partial charge in [0.15, 0.2) is 0 Å². The molecule has 0 saturated carbocycles. The highest BCUT2D eigenvalue weighted by Gasteiger charge is 1.96. The molecule has 59 valence electrons. The molecule has 0 aromatic heterocycles. The third kappa shape index (κ3) is 1.97. The molecular weight excluding hydrogens is 134 g/mol. The summed E-state index contributed by atoms with van der Waals surface area (Å²) in [6.45, 7) is 4.14. The molecule has 0 heterocycles. The molecule has 11 heavy (non-hydrogen) atoms. The summed E-state index contributed by atoms with van der Waals surface area (Å²) in [7, 11) is 4.10. The van der Waals surface area contributed by atoms with Crippen molar-refractivity contribution in [1.82, 2.24) is 0 Å². The number of rotatable bonds is 1. The third-order valence-electron chi connectivity index (χ3n) is 1.64. The summed E-state index contributed by atoms with van der Waals surface area (Å²) in [4.78, 5) is 2.10. The maximum atomic E-state index is 3.24. The van der Waals surface area contributed by atoms with Crippen LogP contribution in [0.15, 0.2) is 12.1 Å². The maximum Gasteiger partial charge on any atom is 0.0366 e. The van der Waals surface area contributed by atoms with Gasteiger partial charge in [-0.1, -0.05) is 0 Å². The van der Waals surface area contributed by atoms with E-state index in [1.165, 1.54) is 16.8 Å². The molecule has 1 radical (unpaired) electrons. The van der Waals surface area contributed by atoms with Crippen LogP contribution >= 0.6 is 0 Å². The first-order valence-electron chi connectivity index (χ1n) is 3.77. The van der Waals surface area contributed by atoms with E-state index in [0.717, 1.165) is 0 Å². The fourth-order valence-electron chi connectivity index (χ4n) is 1.13. The van der Waals surface area contributed by atoms with Crippen molar-refractivity contribution in [2.75, 3.05) is 19.0 Å². The Labute approximate surface area is 68.7 Å². The van der Waals surface area contributed by atoms with Crippen LogP contribution in [-0.4, -0.2) is 14.1 Å². The second-order valence-corrected chi connectivity index (χ2v) is 3.10. The second kappa shape index (κ2) is 2.95. The lowest BCUT2D eigenvalue weighted by Gasteiger charge is -2.13. The molecule has 0 saturated heterocycles. The van der Waals surface area contributed by atoms with E-state index in [9.17, 15) is 0 Å². The van der Waals surface area contributed by atoms with Crippen molar-refractivity contribution < 1.29 is 0 Å². The van der Waals surface area contributed by atoms with Crippen LogP contribution in [-0.2, 0) is 0 Å². The summed E-state index contributed by atoms with van der Waals surface area (Å²) >= 11 is 0.